The minimum absolute atomic E-state index is 0.158. The van der Waals surface area contributed by atoms with Crippen LogP contribution in [0.4, 0.5) is 0 Å². The summed E-state index contributed by atoms with van der Waals surface area (Å²) in [5.41, 5.74) is 11.2. The largest absolute Gasteiger partial charge is 0.381 e. The van der Waals surface area contributed by atoms with Crippen LogP contribution in [0, 0.1) is 25.2 Å². The van der Waals surface area contributed by atoms with Crippen LogP contribution >= 0.6 is 0 Å². The Morgan fingerprint density at radius 2 is 1.69 bits per heavy atom. The molecule has 0 aliphatic carbocycles. The van der Waals surface area contributed by atoms with Gasteiger partial charge in [-0.05, 0) is 62.6 Å². The van der Waals surface area contributed by atoms with Crippen molar-refractivity contribution in [2.45, 2.75) is 46.0 Å². The number of primary amides is 1. The number of nitrogens with zero attached hydrogens (tertiary/aromatic N) is 1. The zero-order valence-corrected chi connectivity index (χ0v) is 19.2. The summed E-state index contributed by atoms with van der Waals surface area (Å²) in [6.07, 6.45) is 3.72. The lowest BCUT2D eigenvalue weighted by atomic mass is 9.73. The van der Waals surface area contributed by atoms with Gasteiger partial charge in [0.25, 0.3) is 0 Å². The number of rotatable bonds is 5. The molecule has 2 fully saturated rings. The van der Waals surface area contributed by atoms with Gasteiger partial charge in [-0.3, -0.25) is 9.59 Å². The molecule has 2 aromatic carbocycles. The van der Waals surface area contributed by atoms with Crippen LogP contribution in [0.3, 0.4) is 0 Å². The van der Waals surface area contributed by atoms with Crippen LogP contribution in [0.25, 0.3) is 11.1 Å². The number of ether oxygens (including phenoxy) is 1. The normalized spacial score (nSPS) is 20.7. The minimum Gasteiger partial charge on any atom is -0.381 e. The molecule has 0 unspecified atom stereocenters. The maximum absolute atomic E-state index is 13.7. The maximum atomic E-state index is 13.7. The second-order valence-corrected chi connectivity index (χ2v) is 9.64. The Kier molecular flexibility index (Phi) is 6.66. The highest BCUT2D eigenvalue weighted by Crippen LogP contribution is 2.38. The molecule has 5 nitrogen and oxygen atoms in total. The van der Waals surface area contributed by atoms with Crippen LogP contribution in [0.2, 0.25) is 0 Å². The van der Waals surface area contributed by atoms with Crippen LogP contribution in [0.5, 0.6) is 0 Å². The number of carbonyl (C=O) groups excluding carboxylic acids is 2. The molecule has 0 bridgehead atoms. The Hall–Kier alpha value is -2.66. The van der Waals surface area contributed by atoms with Gasteiger partial charge in [0.15, 0.2) is 0 Å². The summed E-state index contributed by atoms with van der Waals surface area (Å²) in [6.45, 7) is 6.59. The number of hydrogen-bond donors (Lipinski definition) is 1. The summed E-state index contributed by atoms with van der Waals surface area (Å²) in [4.78, 5) is 27.3. The fourth-order valence-corrected chi connectivity index (χ4v) is 5.30. The molecule has 0 aromatic heterocycles. The van der Waals surface area contributed by atoms with E-state index in [1.54, 1.807) is 0 Å². The van der Waals surface area contributed by atoms with E-state index in [2.05, 4.69) is 56.3 Å². The SMILES string of the molecule is Cc1cc(C)cc(-c2ccc(CC3(C(=O)N4CCC[C@@H](C(N)=O)C4)CCOCC3)cc2)c1. The van der Waals surface area contributed by atoms with Crippen LogP contribution in [0.1, 0.15) is 42.4 Å². The number of carbonyl (C=O) groups is 2. The lowest BCUT2D eigenvalue weighted by molar-refractivity contribution is -0.150. The van der Waals surface area contributed by atoms with Crippen molar-refractivity contribution in [1.29, 1.82) is 0 Å². The number of amides is 2. The van der Waals surface area contributed by atoms with Gasteiger partial charge in [0.1, 0.15) is 0 Å². The predicted molar refractivity (Wildman–Crippen MR) is 126 cm³/mol. The van der Waals surface area contributed by atoms with Crippen molar-refractivity contribution >= 4 is 11.8 Å². The van der Waals surface area contributed by atoms with E-state index in [9.17, 15) is 9.59 Å². The van der Waals surface area contributed by atoms with Crippen molar-refractivity contribution < 1.29 is 14.3 Å². The summed E-state index contributed by atoms with van der Waals surface area (Å²) in [6, 6.07) is 15.2. The van der Waals surface area contributed by atoms with E-state index >= 15 is 0 Å². The fourth-order valence-electron chi connectivity index (χ4n) is 5.30. The highest BCUT2D eigenvalue weighted by atomic mass is 16.5. The smallest absolute Gasteiger partial charge is 0.229 e. The van der Waals surface area contributed by atoms with E-state index < -0.39 is 5.41 Å². The van der Waals surface area contributed by atoms with Crippen molar-refractivity contribution in [3.05, 3.63) is 59.2 Å². The van der Waals surface area contributed by atoms with E-state index in [1.807, 2.05) is 4.90 Å². The third-order valence-corrected chi connectivity index (χ3v) is 7.07. The molecule has 2 aromatic rings. The standard InChI is InChI=1S/C27H34N2O3/c1-19-14-20(2)16-24(15-19)22-7-5-21(6-8-22)17-27(9-12-32-13-10-27)26(31)29-11-3-4-23(18-29)25(28)30/h5-8,14-16,23H,3-4,9-13,17-18H2,1-2H3,(H2,28,30)/t23-/m1/s1. The average molecular weight is 435 g/mol. The first kappa shape index (κ1) is 22.5. The fraction of sp³-hybridized carbons (Fsp3) is 0.481. The molecule has 2 heterocycles. The number of nitrogens with two attached hydrogens (primary N) is 1. The second kappa shape index (κ2) is 9.45. The number of likely N-dealkylation sites (tertiary alicyclic amines) is 1. The van der Waals surface area contributed by atoms with Gasteiger partial charge in [-0.25, -0.2) is 0 Å². The third-order valence-electron chi connectivity index (χ3n) is 7.07. The molecule has 2 aliphatic heterocycles. The Morgan fingerprint density at radius 1 is 1.03 bits per heavy atom. The molecule has 2 aliphatic rings. The minimum atomic E-state index is -0.473. The van der Waals surface area contributed by atoms with Crippen molar-refractivity contribution in [1.82, 2.24) is 4.90 Å². The Bertz CT molecular complexity index is 957. The van der Waals surface area contributed by atoms with Gasteiger partial charge in [0.05, 0.1) is 11.3 Å². The first-order valence-corrected chi connectivity index (χ1v) is 11.7. The average Bonchev–Trinajstić information content (AvgIpc) is 2.79. The zero-order chi connectivity index (χ0) is 22.7. The Labute approximate surface area is 190 Å². The van der Waals surface area contributed by atoms with Crippen LogP contribution in [-0.4, -0.2) is 43.0 Å². The highest BCUT2D eigenvalue weighted by Gasteiger charge is 2.43. The molecule has 0 saturated carbocycles. The predicted octanol–water partition coefficient (Wildman–Crippen LogP) is 4.03. The molecule has 0 spiro atoms. The maximum Gasteiger partial charge on any atom is 0.229 e. The van der Waals surface area contributed by atoms with Gasteiger partial charge in [-0.15, -0.1) is 0 Å². The van der Waals surface area contributed by atoms with Crippen LogP contribution in [0.15, 0.2) is 42.5 Å². The van der Waals surface area contributed by atoms with Crippen molar-refractivity contribution in [3.8, 4) is 11.1 Å². The van der Waals surface area contributed by atoms with E-state index in [0.717, 1.165) is 18.4 Å². The van der Waals surface area contributed by atoms with Gasteiger partial charge in [0.2, 0.25) is 11.8 Å². The number of aryl methyl sites for hydroxylation is 2. The van der Waals surface area contributed by atoms with Gasteiger partial charge in [-0.1, -0.05) is 53.6 Å². The quantitative estimate of drug-likeness (QED) is 0.772. The summed E-state index contributed by atoms with van der Waals surface area (Å²) in [5.74, 6) is -0.378. The first-order valence-electron chi connectivity index (χ1n) is 11.7. The lowest BCUT2D eigenvalue weighted by Gasteiger charge is -2.42. The second-order valence-electron chi connectivity index (χ2n) is 9.64. The molecular weight excluding hydrogens is 400 g/mol. The van der Waals surface area contributed by atoms with Crippen molar-refractivity contribution in [2.75, 3.05) is 26.3 Å². The van der Waals surface area contributed by atoms with Gasteiger partial charge in [0, 0.05) is 26.3 Å². The summed E-state index contributed by atoms with van der Waals surface area (Å²) in [5, 5.41) is 0. The molecule has 1 atom stereocenters. The van der Waals surface area contributed by atoms with Crippen LogP contribution < -0.4 is 5.73 Å². The highest BCUT2D eigenvalue weighted by molar-refractivity contribution is 5.85. The third kappa shape index (κ3) is 4.88. The van der Waals surface area contributed by atoms with E-state index in [1.165, 1.54) is 22.3 Å². The molecule has 2 saturated heterocycles. The summed E-state index contributed by atoms with van der Waals surface area (Å²) in [7, 11) is 0. The number of piperidine rings is 1. The molecule has 2 amide bonds. The summed E-state index contributed by atoms with van der Waals surface area (Å²) < 4.78 is 5.61. The lowest BCUT2D eigenvalue weighted by Crippen LogP contribution is -2.52. The van der Waals surface area contributed by atoms with Gasteiger partial charge >= 0.3 is 0 Å². The molecule has 5 heteroatoms. The zero-order valence-electron chi connectivity index (χ0n) is 19.2. The molecule has 0 radical (unpaired) electrons. The Balaban J connectivity index is 1.55. The topological polar surface area (TPSA) is 72.6 Å². The Morgan fingerprint density at radius 3 is 2.31 bits per heavy atom. The van der Waals surface area contributed by atoms with E-state index in [4.69, 9.17) is 10.5 Å². The first-order chi connectivity index (χ1) is 15.4. The summed E-state index contributed by atoms with van der Waals surface area (Å²) >= 11 is 0. The van der Waals surface area contributed by atoms with E-state index in [0.29, 0.717) is 45.6 Å². The van der Waals surface area contributed by atoms with Crippen molar-refractivity contribution in [3.63, 3.8) is 0 Å². The van der Waals surface area contributed by atoms with E-state index in [-0.39, 0.29) is 17.7 Å². The number of hydrogen-bond acceptors (Lipinski definition) is 3. The van der Waals surface area contributed by atoms with Gasteiger partial charge in [-0.2, -0.15) is 0 Å². The molecule has 32 heavy (non-hydrogen) atoms. The molecule has 4 rings (SSSR count). The van der Waals surface area contributed by atoms with Gasteiger partial charge < -0.3 is 15.4 Å². The molecule has 170 valence electrons. The van der Waals surface area contributed by atoms with Crippen molar-refractivity contribution in [2.24, 2.45) is 17.1 Å². The molecular formula is C27H34N2O3. The van der Waals surface area contributed by atoms with Crippen LogP contribution in [-0.2, 0) is 20.7 Å². The molecule has 2 N–H and O–H groups in total. The monoisotopic (exact) mass is 434 g/mol. The number of benzene rings is 2.